The van der Waals surface area contributed by atoms with Gasteiger partial charge in [0.05, 0.1) is 5.75 Å². The number of aromatic nitrogens is 1. The van der Waals surface area contributed by atoms with E-state index in [2.05, 4.69) is 29.7 Å². The van der Waals surface area contributed by atoms with Crippen molar-refractivity contribution < 1.29 is 9.32 Å². The van der Waals surface area contributed by atoms with Gasteiger partial charge in [0.15, 0.2) is 0 Å². The molecule has 2 aromatic rings. The summed E-state index contributed by atoms with van der Waals surface area (Å²) < 4.78 is 4.97. The predicted molar refractivity (Wildman–Crippen MR) is 85.3 cm³/mol. The number of halogens is 1. The average molecular weight is 311 g/mol. The summed E-state index contributed by atoms with van der Waals surface area (Å²) in [5.41, 5.74) is 1.50. The van der Waals surface area contributed by atoms with Gasteiger partial charge in [-0.1, -0.05) is 35.0 Å². The fourth-order valence-corrected chi connectivity index (χ4v) is 1.47. The topological polar surface area (TPSA) is 55.1 Å². The van der Waals surface area contributed by atoms with Crippen LogP contribution in [0.2, 0.25) is 5.02 Å². The van der Waals surface area contributed by atoms with E-state index in [0.29, 0.717) is 16.6 Å². The molecule has 0 bridgehead atoms. The zero-order valence-corrected chi connectivity index (χ0v) is 12.6. The molecule has 0 spiro atoms. The van der Waals surface area contributed by atoms with Crippen molar-refractivity contribution in [2.75, 3.05) is 11.1 Å². The van der Waals surface area contributed by atoms with Crippen molar-refractivity contribution >= 4 is 36.0 Å². The van der Waals surface area contributed by atoms with E-state index in [1.165, 1.54) is 0 Å². The summed E-state index contributed by atoms with van der Waals surface area (Å²) in [5.74, 6) is 0.151. The van der Waals surface area contributed by atoms with Crippen LogP contribution in [0.1, 0.15) is 6.92 Å². The molecule has 0 saturated carbocycles. The molecule has 1 heterocycles. The van der Waals surface area contributed by atoms with E-state index in [0.717, 1.165) is 5.56 Å². The van der Waals surface area contributed by atoms with Gasteiger partial charge in [0.1, 0.15) is 5.69 Å². The molecule has 0 atom stereocenters. The van der Waals surface area contributed by atoms with E-state index >= 15 is 0 Å². The lowest BCUT2D eigenvalue weighted by atomic mass is 10.1. The molecule has 0 unspecified atom stereocenters. The number of hydrogen-bond donors (Lipinski definition) is 2. The Hall–Kier alpha value is -1.72. The van der Waals surface area contributed by atoms with Gasteiger partial charge < -0.3 is 4.52 Å². The van der Waals surface area contributed by atoms with Crippen LogP contribution in [-0.4, -0.2) is 16.8 Å². The van der Waals surface area contributed by atoms with Gasteiger partial charge in [-0.15, -0.1) is 6.58 Å². The van der Waals surface area contributed by atoms with E-state index < -0.39 is 0 Å². The van der Waals surface area contributed by atoms with Gasteiger partial charge in [0, 0.05) is 16.7 Å². The predicted octanol–water partition coefficient (Wildman–Crippen LogP) is 4.06. The molecule has 106 valence electrons. The molecule has 6 heteroatoms. The standard InChI is InChI=1S/C11H9ClN2O2S.C3H6/c12-8-3-1-7(2-4-8)9-5-11(16-14-9)13-10(15)6-17;1-3-2/h1-5,17H,6H2,(H,13,15);3H,1H2,2H3. The quantitative estimate of drug-likeness (QED) is 0.664. The van der Waals surface area contributed by atoms with Crippen molar-refractivity contribution in [1.82, 2.24) is 5.16 Å². The van der Waals surface area contributed by atoms with Crippen molar-refractivity contribution in [3.05, 3.63) is 48.0 Å². The van der Waals surface area contributed by atoms with Crippen LogP contribution in [0, 0.1) is 0 Å². The minimum Gasteiger partial charge on any atom is -0.338 e. The Labute approximate surface area is 128 Å². The fourth-order valence-electron chi connectivity index (χ4n) is 1.27. The summed E-state index contributed by atoms with van der Waals surface area (Å²) >= 11 is 9.63. The maximum Gasteiger partial charge on any atom is 0.236 e. The summed E-state index contributed by atoms with van der Waals surface area (Å²) in [7, 11) is 0. The number of carbonyl (C=O) groups excluding carboxylic acids is 1. The third-order valence-corrected chi connectivity index (χ3v) is 2.60. The van der Waals surface area contributed by atoms with Gasteiger partial charge in [0.25, 0.3) is 0 Å². The molecule has 20 heavy (non-hydrogen) atoms. The third-order valence-electron chi connectivity index (χ3n) is 2.06. The second kappa shape index (κ2) is 8.45. The van der Waals surface area contributed by atoms with Crippen LogP contribution in [0.3, 0.4) is 0 Å². The van der Waals surface area contributed by atoms with E-state index in [4.69, 9.17) is 16.1 Å². The highest BCUT2D eigenvalue weighted by Gasteiger charge is 2.08. The van der Waals surface area contributed by atoms with E-state index in [-0.39, 0.29) is 11.7 Å². The molecule has 1 aromatic heterocycles. The highest BCUT2D eigenvalue weighted by Crippen LogP contribution is 2.23. The van der Waals surface area contributed by atoms with E-state index in [1.807, 2.05) is 19.1 Å². The molecule has 0 saturated heterocycles. The third kappa shape index (κ3) is 5.11. The first kappa shape index (κ1) is 16.3. The number of amides is 1. The number of nitrogens with zero attached hydrogens (tertiary/aromatic N) is 1. The normalized spacial score (nSPS) is 9.35. The van der Waals surface area contributed by atoms with Crippen LogP contribution < -0.4 is 5.32 Å². The molecule has 1 N–H and O–H groups in total. The van der Waals surface area contributed by atoms with Crippen molar-refractivity contribution in [3.8, 4) is 11.3 Å². The molecule has 0 fully saturated rings. The Kier molecular flexibility index (Phi) is 6.90. The van der Waals surface area contributed by atoms with Gasteiger partial charge in [-0.3, -0.25) is 10.1 Å². The number of rotatable bonds is 3. The number of allylic oxidation sites excluding steroid dienone is 1. The second-order valence-electron chi connectivity index (χ2n) is 3.70. The number of hydrogen-bond acceptors (Lipinski definition) is 4. The first-order valence-electron chi connectivity index (χ1n) is 5.81. The summed E-state index contributed by atoms with van der Waals surface area (Å²) in [6.07, 6.45) is 1.75. The zero-order valence-electron chi connectivity index (χ0n) is 11.0. The lowest BCUT2D eigenvalue weighted by Gasteiger charge is -1.95. The van der Waals surface area contributed by atoms with Crippen LogP contribution in [0.25, 0.3) is 11.3 Å². The largest absolute Gasteiger partial charge is 0.338 e. The van der Waals surface area contributed by atoms with Crippen LogP contribution in [0.15, 0.2) is 47.5 Å². The van der Waals surface area contributed by atoms with Gasteiger partial charge in [-0.25, -0.2) is 0 Å². The second-order valence-corrected chi connectivity index (χ2v) is 4.45. The monoisotopic (exact) mass is 310 g/mol. The molecule has 0 radical (unpaired) electrons. The number of thiol groups is 1. The van der Waals surface area contributed by atoms with Crippen molar-refractivity contribution in [2.45, 2.75) is 6.92 Å². The van der Waals surface area contributed by atoms with Crippen LogP contribution in [0.4, 0.5) is 5.88 Å². The van der Waals surface area contributed by atoms with Gasteiger partial charge in [-0.2, -0.15) is 12.6 Å². The molecular formula is C14H15ClN2O2S. The van der Waals surface area contributed by atoms with Crippen LogP contribution >= 0.6 is 24.2 Å². The summed E-state index contributed by atoms with van der Waals surface area (Å²) in [6, 6.07) is 8.81. The SMILES string of the molecule is C=CC.O=C(CS)Nc1cc(-c2ccc(Cl)cc2)no1. The van der Waals surface area contributed by atoms with Crippen LogP contribution in [-0.2, 0) is 4.79 Å². The minimum atomic E-state index is -0.243. The summed E-state index contributed by atoms with van der Waals surface area (Å²) in [4.78, 5) is 11.1. The highest BCUT2D eigenvalue weighted by molar-refractivity contribution is 7.81. The lowest BCUT2D eigenvalue weighted by Crippen LogP contribution is -2.11. The first-order chi connectivity index (χ1) is 9.60. The van der Waals surface area contributed by atoms with Crippen molar-refractivity contribution in [2.24, 2.45) is 0 Å². The molecule has 0 aliphatic carbocycles. The summed E-state index contributed by atoms with van der Waals surface area (Å²) in [5, 5.41) is 7.02. The number of anilines is 1. The molecule has 1 amide bonds. The van der Waals surface area contributed by atoms with Crippen LogP contribution in [0.5, 0.6) is 0 Å². The average Bonchev–Trinajstić information content (AvgIpc) is 2.89. The Morgan fingerprint density at radius 2 is 2.10 bits per heavy atom. The summed E-state index contributed by atoms with van der Waals surface area (Å²) in [6.45, 7) is 5.25. The van der Waals surface area contributed by atoms with E-state index in [9.17, 15) is 4.79 Å². The fraction of sp³-hybridized carbons (Fsp3) is 0.143. The molecule has 0 aliphatic rings. The molecule has 2 rings (SSSR count). The number of benzene rings is 1. The van der Waals surface area contributed by atoms with Gasteiger partial charge >= 0.3 is 0 Å². The minimum absolute atomic E-state index is 0.0942. The van der Waals surface area contributed by atoms with Crippen molar-refractivity contribution in [3.63, 3.8) is 0 Å². The van der Waals surface area contributed by atoms with Crippen molar-refractivity contribution in [1.29, 1.82) is 0 Å². The lowest BCUT2D eigenvalue weighted by molar-refractivity contribution is -0.113. The molecule has 4 nitrogen and oxygen atoms in total. The number of carbonyl (C=O) groups is 1. The zero-order chi connectivity index (χ0) is 15.0. The first-order valence-corrected chi connectivity index (χ1v) is 6.82. The molecule has 1 aromatic carbocycles. The number of nitrogens with one attached hydrogen (secondary N) is 1. The Balaban J connectivity index is 0.000000612. The molecule has 0 aliphatic heterocycles. The maximum atomic E-state index is 11.1. The highest BCUT2D eigenvalue weighted by atomic mass is 35.5. The maximum absolute atomic E-state index is 11.1. The van der Waals surface area contributed by atoms with Gasteiger partial charge in [-0.05, 0) is 19.1 Å². The van der Waals surface area contributed by atoms with Gasteiger partial charge in [0.2, 0.25) is 11.8 Å². The Morgan fingerprint density at radius 1 is 1.50 bits per heavy atom. The smallest absolute Gasteiger partial charge is 0.236 e. The Bertz CT molecular complexity index is 567. The molecular weight excluding hydrogens is 296 g/mol. The Morgan fingerprint density at radius 3 is 2.65 bits per heavy atom. The van der Waals surface area contributed by atoms with E-state index in [1.54, 1.807) is 24.3 Å².